The fourth-order valence-corrected chi connectivity index (χ4v) is 1.69. The van der Waals surface area contributed by atoms with Crippen LogP contribution in [-0.2, 0) is 0 Å². The van der Waals surface area contributed by atoms with Gasteiger partial charge in [0.1, 0.15) is 5.82 Å². The van der Waals surface area contributed by atoms with Gasteiger partial charge in [-0.1, -0.05) is 11.2 Å². The molecule has 0 saturated heterocycles. The molecule has 2 aromatic rings. The van der Waals surface area contributed by atoms with E-state index in [1.807, 2.05) is 6.92 Å². The van der Waals surface area contributed by atoms with Gasteiger partial charge in [-0.15, -0.1) is 0 Å². The predicted molar refractivity (Wildman–Crippen MR) is 62.3 cm³/mol. The first-order valence-electron chi connectivity index (χ1n) is 5.13. The summed E-state index contributed by atoms with van der Waals surface area (Å²) in [5.41, 5.74) is 2.65. The second-order valence-corrected chi connectivity index (χ2v) is 3.72. The summed E-state index contributed by atoms with van der Waals surface area (Å²) in [7, 11) is 0. The third kappa shape index (κ3) is 2.04. The van der Waals surface area contributed by atoms with Gasteiger partial charge in [0, 0.05) is 5.56 Å². The summed E-state index contributed by atoms with van der Waals surface area (Å²) in [6.45, 7) is 3.52. The Morgan fingerprint density at radius 3 is 2.88 bits per heavy atom. The predicted octanol–water partition coefficient (Wildman–Crippen LogP) is 2.52. The van der Waals surface area contributed by atoms with E-state index in [1.54, 1.807) is 29.9 Å². The Hall–Kier alpha value is -2.17. The van der Waals surface area contributed by atoms with Crippen molar-refractivity contribution in [3.05, 3.63) is 47.5 Å². The quantitative estimate of drug-likeness (QED) is 0.492. The highest BCUT2D eigenvalue weighted by atomic mass is 19.1. The van der Waals surface area contributed by atoms with Gasteiger partial charge in [0.05, 0.1) is 23.3 Å². The van der Waals surface area contributed by atoms with E-state index < -0.39 is 0 Å². The van der Waals surface area contributed by atoms with Gasteiger partial charge in [-0.25, -0.2) is 9.07 Å². The average molecular weight is 233 g/mol. The lowest BCUT2D eigenvalue weighted by molar-refractivity contribution is 0.319. The number of nitrogens with zero attached hydrogens (tertiary/aromatic N) is 3. The van der Waals surface area contributed by atoms with Crippen molar-refractivity contribution in [3.63, 3.8) is 0 Å². The monoisotopic (exact) mass is 233 g/mol. The molecule has 1 N–H and O–H groups in total. The minimum Gasteiger partial charge on any atom is -0.411 e. The Bertz CT molecular complexity index is 575. The van der Waals surface area contributed by atoms with Crippen LogP contribution in [0.5, 0.6) is 0 Å². The Labute approximate surface area is 98.0 Å². The minimum atomic E-state index is -0.313. The molecule has 0 bridgehead atoms. The van der Waals surface area contributed by atoms with Crippen LogP contribution in [0.25, 0.3) is 5.69 Å². The fraction of sp³-hybridized carbons (Fsp3) is 0.167. The highest BCUT2D eigenvalue weighted by Crippen LogP contribution is 2.15. The van der Waals surface area contributed by atoms with Crippen molar-refractivity contribution >= 4 is 5.71 Å². The van der Waals surface area contributed by atoms with E-state index in [0.29, 0.717) is 11.4 Å². The van der Waals surface area contributed by atoms with Crippen molar-refractivity contribution in [1.29, 1.82) is 0 Å². The number of rotatable bonds is 2. The van der Waals surface area contributed by atoms with Crippen molar-refractivity contribution in [2.75, 3.05) is 0 Å². The first kappa shape index (κ1) is 11.3. The molecule has 1 heterocycles. The maximum atomic E-state index is 13.1. The van der Waals surface area contributed by atoms with Crippen LogP contribution in [0.1, 0.15) is 18.2 Å². The number of aromatic nitrogens is 2. The van der Waals surface area contributed by atoms with Crippen LogP contribution >= 0.6 is 0 Å². The summed E-state index contributed by atoms with van der Waals surface area (Å²) in [4.78, 5) is 0. The molecule has 1 aromatic heterocycles. The lowest BCUT2D eigenvalue weighted by Crippen LogP contribution is -2.02. The zero-order chi connectivity index (χ0) is 12.4. The largest absolute Gasteiger partial charge is 0.411 e. The number of halogens is 1. The van der Waals surface area contributed by atoms with Crippen molar-refractivity contribution in [3.8, 4) is 5.69 Å². The maximum Gasteiger partial charge on any atom is 0.125 e. The summed E-state index contributed by atoms with van der Waals surface area (Å²) < 4.78 is 14.7. The molecule has 1 aromatic carbocycles. The third-order valence-electron chi connectivity index (χ3n) is 2.60. The van der Waals surface area contributed by atoms with Crippen molar-refractivity contribution in [2.45, 2.75) is 13.8 Å². The molecule has 2 rings (SSSR count). The zero-order valence-corrected chi connectivity index (χ0v) is 9.55. The molecule has 17 heavy (non-hydrogen) atoms. The van der Waals surface area contributed by atoms with E-state index in [1.165, 1.54) is 12.1 Å². The lowest BCUT2D eigenvalue weighted by Gasteiger charge is -2.05. The second kappa shape index (κ2) is 4.37. The smallest absolute Gasteiger partial charge is 0.125 e. The van der Waals surface area contributed by atoms with E-state index in [2.05, 4.69) is 10.3 Å². The fourth-order valence-electron chi connectivity index (χ4n) is 1.69. The number of benzene rings is 1. The van der Waals surface area contributed by atoms with Crippen LogP contribution in [0.2, 0.25) is 0 Å². The third-order valence-corrected chi connectivity index (χ3v) is 2.60. The molecular weight excluding hydrogens is 221 g/mol. The summed E-state index contributed by atoms with van der Waals surface area (Å²) in [6, 6.07) is 6.16. The van der Waals surface area contributed by atoms with Gasteiger partial charge in [-0.05, 0) is 32.0 Å². The van der Waals surface area contributed by atoms with Crippen LogP contribution in [0.3, 0.4) is 0 Å². The summed E-state index contributed by atoms with van der Waals surface area (Å²) >= 11 is 0. The van der Waals surface area contributed by atoms with Gasteiger partial charge in [0.2, 0.25) is 0 Å². The van der Waals surface area contributed by atoms with Crippen molar-refractivity contribution < 1.29 is 9.60 Å². The standard InChI is InChI=1S/C12H12FN3O/c1-8(15-17)12-7-14-16(9(12)2)11-5-3-4-10(13)6-11/h3-7,17H,1-2H3/b15-8-. The van der Waals surface area contributed by atoms with E-state index in [-0.39, 0.29) is 5.82 Å². The van der Waals surface area contributed by atoms with E-state index in [0.717, 1.165) is 11.3 Å². The number of oxime groups is 1. The molecule has 4 nitrogen and oxygen atoms in total. The minimum absolute atomic E-state index is 0.313. The Morgan fingerprint density at radius 1 is 1.47 bits per heavy atom. The molecule has 0 radical (unpaired) electrons. The van der Waals surface area contributed by atoms with Gasteiger partial charge >= 0.3 is 0 Å². The second-order valence-electron chi connectivity index (χ2n) is 3.72. The Kier molecular flexibility index (Phi) is 2.91. The van der Waals surface area contributed by atoms with E-state index >= 15 is 0 Å². The molecule has 5 heteroatoms. The first-order chi connectivity index (χ1) is 8.13. The molecule has 0 spiro atoms. The normalized spacial score (nSPS) is 11.8. The molecule has 0 unspecified atom stereocenters. The molecule has 0 aliphatic carbocycles. The van der Waals surface area contributed by atoms with E-state index in [9.17, 15) is 4.39 Å². The van der Waals surface area contributed by atoms with Crippen molar-refractivity contribution in [2.24, 2.45) is 5.16 Å². The SMILES string of the molecule is C/C(=N/O)c1cnn(-c2cccc(F)c2)c1C. The van der Waals surface area contributed by atoms with Gasteiger partial charge in [-0.2, -0.15) is 5.10 Å². The first-order valence-corrected chi connectivity index (χ1v) is 5.13. The van der Waals surface area contributed by atoms with Crippen LogP contribution in [-0.4, -0.2) is 20.7 Å². The Morgan fingerprint density at radius 2 is 2.24 bits per heavy atom. The molecule has 0 fully saturated rings. The molecule has 0 amide bonds. The van der Waals surface area contributed by atoms with Crippen LogP contribution in [0.4, 0.5) is 4.39 Å². The molecular formula is C12H12FN3O. The summed E-state index contributed by atoms with van der Waals surface area (Å²) in [5.74, 6) is -0.313. The Balaban J connectivity index is 2.51. The van der Waals surface area contributed by atoms with Gasteiger partial charge in [0.15, 0.2) is 0 Å². The average Bonchev–Trinajstić information content (AvgIpc) is 2.70. The molecule has 0 aliphatic heterocycles. The topological polar surface area (TPSA) is 50.4 Å². The van der Waals surface area contributed by atoms with E-state index in [4.69, 9.17) is 5.21 Å². The molecule has 0 atom stereocenters. The molecule has 88 valence electrons. The lowest BCUT2D eigenvalue weighted by atomic mass is 10.2. The van der Waals surface area contributed by atoms with Crippen LogP contribution in [0, 0.1) is 12.7 Å². The zero-order valence-electron chi connectivity index (χ0n) is 9.55. The van der Waals surface area contributed by atoms with Crippen molar-refractivity contribution in [1.82, 2.24) is 9.78 Å². The van der Waals surface area contributed by atoms with Gasteiger partial charge in [-0.3, -0.25) is 0 Å². The molecule has 0 aliphatic rings. The highest BCUT2D eigenvalue weighted by Gasteiger charge is 2.10. The number of hydrogen-bond donors (Lipinski definition) is 1. The van der Waals surface area contributed by atoms with Crippen LogP contribution in [0.15, 0.2) is 35.6 Å². The summed E-state index contributed by atoms with van der Waals surface area (Å²) in [5, 5.41) is 16.0. The summed E-state index contributed by atoms with van der Waals surface area (Å²) in [6.07, 6.45) is 1.59. The van der Waals surface area contributed by atoms with Gasteiger partial charge < -0.3 is 5.21 Å². The van der Waals surface area contributed by atoms with Gasteiger partial charge in [0.25, 0.3) is 0 Å². The number of hydrogen-bond acceptors (Lipinski definition) is 3. The maximum absolute atomic E-state index is 13.1. The van der Waals surface area contributed by atoms with Crippen LogP contribution < -0.4 is 0 Å². The molecule has 0 saturated carbocycles. The highest BCUT2D eigenvalue weighted by molar-refractivity contribution is 5.99.